The van der Waals surface area contributed by atoms with Crippen LogP contribution in [0.5, 0.6) is 0 Å². The number of nitrogens with one attached hydrogen (secondary N) is 1. The van der Waals surface area contributed by atoms with Crippen LogP contribution in [-0.2, 0) is 9.59 Å². The van der Waals surface area contributed by atoms with Gasteiger partial charge in [-0.2, -0.15) is 0 Å². The second-order valence-corrected chi connectivity index (χ2v) is 9.90. The van der Waals surface area contributed by atoms with E-state index in [1.165, 1.54) is 13.1 Å². The lowest BCUT2D eigenvalue weighted by Crippen LogP contribution is -2.44. The maximum atomic E-state index is 13.5. The van der Waals surface area contributed by atoms with Gasteiger partial charge >= 0.3 is 0 Å². The van der Waals surface area contributed by atoms with Crippen molar-refractivity contribution in [3.63, 3.8) is 0 Å². The Morgan fingerprint density at radius 2 is 1.84 bits per heavy atom. The van der Waals surface area contributed by atoms with Gasteiger partial charge in [-0.15, -0.1) is 0 Å². The first-order valence-electron chi connectivity index (χ1n) is 11.7. The molecule has 1 N–H and O–H groups in total. The summed E-state index contributed by atoms with van der Waals surface area (Å²) in [5.41, 5.74) is 1.90. The quantitative estimate of drug-likeness (QED) is 0.730. The van der Waals surface area contributed by atoms with Crippen LogP contribution < -0.4 is 10.2 Å². The summed E-state index contributed by atoms with van der Waals surface area (Å²) in [6.45, 7) is 11.3. The van der Waals surface area contributed by atoms with E-state index in [0.717, 1.165) is 62.0 Å². The summed E-state index contributed by atoms with van der Waals surface area (Å²) in [5, 5.41) is 4.19. The minimum absolute atomic E-state index is 0.0344. The van der Waals surface area contributed by atoms with E-state index in [0.29, 0.717) is 24.7 Å². The Hall–Kier alpha value is -1.63. The molecule has 0 saturated carbocycles. The highest BCUT2D eigenvalue weighted by atomic mass is 35.5. The number of aryl methyl sites for hydroxylation is 1. The average Bonchev–Trinajstić information content (AvgIpc) is 3.35. The van der Waals surface area contributed by atoms with E-state index >= 15 is 0 Å². The standard InChI is InChI=1S/C24H35ClN4O2/c1-17-4-5-22(12-23(17)25)29(24(31)19-6-10-28(11-7-19)18(2)30)9-3-8-27-15-20-13-26-14-21(20)16-27/h4-5,12,19-21,26H,3,6-11,13-16H2,1-2H3/t20-,21+. The molecule has 7 heteroatoms. The van der Waals surface area contributed by atoms with Crippen molar-refractivity contribution in [2.24, 2.45) is 17.8 Å². The van der Waals surface area contributed by atoms with Crippen LogP contribution in [0.3, 0.4) is 0 Å². The van der Waals surface area contributed by atoms with E-state index < -0.39 is 0 Å². The van der Waals surface area contributed by atoms with Crippen LogP contribution >= 0.6 is 11.6 Å². The summed E-state index contributed by atoms with van der Waals surface area (Å²) >= 11 is 6.40. The summed E-state index contributed by atoms with van der Waals surface area (Å²) in [6.07, 6.45) is 2.42. The molecule has 4 rings (SSSR count). The lowest BCUT2D eigenvalue weighted by molar-refractivity contribution is -0.133. The molecule has 0 unspecified atom stereocenters. The van der Waals surface area contributed by atoms with Gasteiger partial charge in [-0.1, -0.05) is 17.7 Å². The van der Waals surface area contributed by atoms with E-state index in [1.807, 2.05) is 34.9 Å². The van der Waals surface area contributed by atoms with Gasteiger partial charge in [-0.05, 0) is 75.4 Å². The molecule has 2 atom stereocenters. The topological polar surface area (TPSA) is 55.9 Å². The average molecular weight is 447 g/mol. The lowest BCUT2D eigenvalue weighted by atomic mass is 9.94. The van der Waals surface area contributed by atoms with Crippen LogP contribution in [0.15, 0.2) is 18.2 Å². The van der Waals surface area contributed by atoms with Gasteiger partial charge < -0.3 is 20.0 Å². The third-order valence-electron chi connectivity index (χ3n) is 7.34. The summed E-state index contributed by atoms with van der Waals surface area (Å²) < 4.78 is 0. The predicted octanol–water partition coefficient (Wildman–Crippen LogP) is 2.78. The zero-order chi connectivity index (χ0) is 22.0. The Morgan fingerprint density at radius 1 is 1.16 bits per heavy atom. The fraction of sp³-hybridized carbons (Fsp3) is 0.667. The highest BCUT2D eigenvalue weighted by Crippen LogP contribution is 2.29. The molecule has 0 radical (unpaired) electrons. The zero-order valence-corrected chi connectivity index (χ0v) is 19.5. The fourth-order valence-corrected chi connectivity index (χ4v) is 5.54. The van der Waals surface area contributed by atoms with Gasteiger partial charge in [0.15, 0.2) is 0 Å². The van der Waals surface area contributed by atoms with Crippen molar-refractivity contribution in [2.75, 3.05) is 57.3 Å². The van der Waals surface area contributed by atoms with Crippen LogP contribution in [0.2, 0.25) is 5.02 Å². The Balaban J connectivity index is 1.40. The highest BCUT2D eigenvalue weighted by molar-refractivity contribution is 6.31. The molecule has 0 bridgehead atoms. The first-order chi connectivity index (χ1) is 14.9. The van der Waals surface area contributed by atoms with Gasteiger partial charge in [0.2, 0.25) is 11.8 Å². The molecule has 3 saturated heterocycles. The fourth-order valence-electron chi connectivity index (χ4n) is 5.37. The summed E-state index contributed by atoms with van der Waals surface area (Å²) in [5.74, 6) is 1.82. The van der Waals surface area contributed by atoms with Crippen molar-refractivity contribution < 1.29 is 9.59 Å². The third kappa shape index (κ3) is 5.24. The van der Waals surface area contributed by atoms with E-state index in [1.54, 1.807) is 6.92 Å². The number of fused-ring (bicyclic) bond motifs is 1. The summed E-state index contributed by atoms with van der Waals surface area (Å²) in [7, 11) is 0. The monoisotopic (exact) mass is 446 g/mol. The number of hydrogen-bond donors (Lipinski definition) is 1. The summed E-state index contributed by atoms with van der Waals surface area (Å²) in [4.78, 5) is 31.5. The van der Waals surface area contributed by atoms with Gasteiger partial charge in [-0.25, -0.2) is 0 Å². The smallest absolute Gasteiger partial charge is 0.230 e. The zero-order valence-electron chi connectivity index (χ0n) is 18.8. The number of anilines is 1. The molecule has 1 aromatic carbocycles. The van der Waals surface area contributed by atoms with E-state index in [9.17, 15) is 9.59 Å². The number of halogens is 1. The van der Waals surface area contributed by atoms with Crippen molar-refractivity contribution in [3.05, 3.63) is 28.8 Å². The van der Waals surface area contributed by atoms with Gasteiger partial charge in [0.25, 0.3) is 0 Å². The largest absolute Gasteiger partial charge is 0.343 e. The maximum absolute atomic E-state index is 13.5. The highest BCUT2D eigenvalue weighted by Gasteiger charge is 2.36. The number of piperidine rings is 1. The normalized spacial score (nSPS) is 24.4. The number of benzene rings is 1. The van der Waals surface area contributed by atoms with Gasteiger partial charge in [0, 0.05) is 56.3 Å². The first kappa shape index (κ1) is 22.6. The number of carbonyl (C=O) groups excluding carboxylic acids is 2. The molecule has 1 aromatic rings. The minimum atomic E-state index is -0.0344. The van der Waals surface area contributed by atoms with Gasteiger partial charge in [0.05, 0.1) is 0 Å². The Morgan fingerprint density at radius 3 is 2.45 bits per heavy atom. The van der Waals surface area contributed by atoms with Crippen LogP contribution in [-0.4, -0.2) is 74.0 Å². The molecular formula is C24H35ClN4O2. The Bertz CT molecular complexity index is 797. The molecule has 3 heterocycles. The van der Waals surface area contributed by atoms with Gasteiger partial charge in [0.1, 0.15) is 0 Å². The molecule has 0 aliphatic carbocycles. The lowest BCUT2D eigenvalue weighted by Gasteiger charge is -2.34. The Labute approximate surface area is 190 Å². The number of nitrogens with zero attached hydrogens (tertiary/aromatic N) is 3. The van der Waals surface area contributed by atoms with E-state index in [-0.39, 0.29) is 17.7 Å². The molecule has 170 valence electrons. The van der Waals surface area contributed by atoms with E-state index in [2.05, 4.69) is 10.2 Å². The third-order valence-corrected chi connectivity index (χ3v) is 7.75. The second-order valence-electron chi connectivity index (χ2n) is 9.50. The molecule has 0 spiro atoms. The van der Waals surface area contributed by atoms with Crippen molar-refractivity contribution in [1.29, 1.82) is 0 Å². The molecule has 0 aromatic heterocycles. The van der Waals surface area contributed by atoms with Crippen molar-refractivity contribution in [1.82, 2.24) is 15.1 Å². The van der Waals surface area contributed by atoms with Crippen LogP contribution in [0.1, 0.15) is 31.7 Å². The molecule has 3 fully saturated rings. The predicted molar refractivity (Wildman–Crippen MR) is 124 cm³/mol. The number of amides is 2. The molecule has 6 nitrogen and oxygen atoms in total. The first-order valence-corrected chi connectivity index (χ1v) is 12.1. The van der Waals surface area contributed by atoms with Crippen LogP contribution in [0.25, 0.3) is 0 Å². The second kappa shape index (κ2) is 9.88. The minimum Gasteiger partial charge on any atom is -0.343 e. The van der Waals surface area contributed by atoms with Crippen LogP contribution in [0, 0.1) is 24.7 Å². The number of likely N-dealkylation sites (tertiary alicyclic amines) is 2. The van der Waals surface area contributed by atoms with Crippen molar-refractivity contribution in [3.8, 4) is 0 Å². The summed E-state index contributed by atoms with van der Waals surface area (Å²) in [6, 6.07) is 5.92. The number of hydrogen-bond acceptors (Lipinski definition) is 4. The molecule has 3 aliphatic heterocycles. The number of rotatable bonds is 6. The Kier molecular flexibility index (Phi) is 7.19. The molecule has 2 amide bonds. The van der Waals surface area contributed by atoms with Crippen LogP contribution in [0.4, 0.5) is 5.69 Å². The van der Waals surface area contributed by atoms with E-state index in [4.69, 9.17) is 11.6 Å². The molecule has 31 heavy (non-hydrogen) atoms. The van der Waals surface area contributed by atoms with Crippen molar-refractivity contribution in [2.45, 2.75) is 33.1 Å². The number of carbonyl (C=O) groups is 2. The molecule has 3 aliphatic rings. The van der Waals surface area contributed by atoms with Gasteiger partial charge in [-0.3, -0.25) is 9.59 Å². The molecular weight excluding hydrogens is 412 g/mol. The maximum Gasteiger partial charge on any atom is 0.230 e. The van der Waals surface area contributed by atoms with Crippen molar-refractivity contribution >= 4 is 29.1 Å². The SMILES string of the molecule is CC(=O)N1CCC(C(=O)N(CCCN2C[C@H]3CNC[C@H]3C2)c2ccc(C)c(Cl)c2)CC1.